The summed E-state index contributed by atoms with van der Waals surface area (Å²) in [7, 11) is 4.51. The highest BCUT2D eigenvalue weighted by molar-refractivity contribution is 5.98. The molecule has 0 radical (unpaired) electrons. The molecule has 2 aliphatic rings. The van der Waals surface area contributed by atoms with E-state index >= 15 is 0 Å². The second-order valence-electron chi connectivity index (χ2n) is 10.9. The SMILES string of the molecule is COc1cc(O[C@@H]2CO[C@H]3[C@@H]2OC[C@H]3O)ccc1Nc1ncc(C(F)(F)F)c(Oc2cccc(C(C)C)c2C(=O)N(C)C)n1. The van der Waals surface area contributed by atoms with Gasteiger partial charge < -0.3 is 39.0 Å². The quantitative estimate of drug-likeness (QED) is 0.347. The zero-order chi connectivity index (χ0) is 31.8. The number of carbonyl (C=O) groups excluding carboxylic acids is 1. The van der Waals surface area contributed by atoms with Gasteiger partial charge in [-0.2, -0.15) is 18.2 Å². The van der Waals surface area contributed by atoms with Crippen molar-refractivity contribution in [3.8, 4) is 23.1 Å². The number of aliphatic hydroxyl groups excluding tert-OH is 1. The Morgan fingerprint density at radius 2 is 1.86 bits per heavy atom. The number of aliphatic hydroxyl groups is 1. The number of hydrogen-bond acceptors (Lipinski definition) is 10. The van der Waals surface area contributed by atoms with E-state index < -0.39 is 47.9 Å². The third kappa shape index (κ3) is 6.37. The molecule has 0 bridgehead atoms. The van der Waals surface area contributed by atoms with Gasteiger partial charge in [0, 0.05) is 26.4 Å². The molecule has 11 nitrogen and oxygen atoms in total. The molecule has 0 unspecified atom stereocenters. The normalized spacial score (nSPS) is 21.2. The number of carbonyl (C=O) groups is 1. The van der Waals surface area contributed by atoms with Crippen molar-refractivity contribution in [2.45, 2.75) is 50.4 Å². The largest absolute Gasteiger partial charge is 0.494 e. The number of benzene rings is 2. The van der Waals surface area contributed by atoms with Gasteiger partial charge in [-0.1, -0.05) is 26.0 Å². The number of halogens is 3. The molecule has 2 saturated heterocycles. The van der Waals surface area contributed by atoms with E-state index in [1.165, 1.54) is 18.1 Å². The molecule has 0 aliphatic carbocycles. The predicted octanol–water partition coefficient (Wildman–Crippen LogP) is 4.77. The minimum atomic E-state index is -4.84. The number of nitrogens with one attached hydrogen (secondary N) is 1. The highest BCUT2D eigenvalue weighted by Gasteiger charge is 2.48. The molecule has 3 heterocycles. The van der Waals surface area contributed by atoms with Crippen LogP contribution in [0.5, 0.6) is 23.1 Å². The van der Waals surface area contributed by atoms with Gasteiger partial charge in [-0.05, 0) is 29.7 Å². The van der Waals surface area contributed by atoms with Crippen LogP contribution >= 0.6 is 0 Å². The standard InChI is InChI=1S/C30H33F3N4O7/c1-15(2)17-7-6-8-21(24(17)28(39)37(3)4)44-27-18(30(31,32)33)12-34-29(36-27)35-19-10-9-16(11-22(19)40-5)43-23-14-42-25-20(38)13-41-26(23)25/h6-12,15,20,23,25-26,38H,13-14H2,1-5H3,(H,34,35,36)/t20-,23-,25-,26-/m1/s1. The lowest BCUT2D eigenvalue weighted by Crippen LogP contribution is -2.34. The summed E-state index contributed by atoms with van der Waals surface area (Å²) in [5.41, 5.74) is -0.121. The van der Waals surface area contributed by atoms with E-state index in [-0.39, 0.29) is 36.4 Å². The summed E-state index contributed by atoms with van der Waals surface area (Å²) in [6.07, 6.45) is -6.26. The monoisotopic (exact) mass is 618 g/mol. The van der Waals surface area contributed by atoms with Crippen molar-refractivity contribution in [3.05, 3.63) is 59.3 Å². The molecule has 2 N–H and O–H groups in total. The first-order valence-corrected chi connectivity index (χ1v) is 13.9. The number of fused-ring (bicyclic) bond motifs is 1. The van der Waals surface area contributed by atoms with Gasteiger partial charge >= 0.3 is 6.18 Å². The van der Waals surface area contributed by atoms with Crippen molar-refractivity contribution in [1.29, 1.82) is 0 Å². The summed E-state index contributed by atoms with van der Waals surface area (Å²) in [4.78, 5) is 22.3. The number of anilines is 2. The number of nitrogens with zero attached hydrogens (tertiary/aromatic N) is 3. The van der Waals surface area contributed by atoms with Gasteiger partial charge in [0.1, 0.15) is 41.1 Å². The van der Waals surface area contributed by atoms with Crippen LogP contribution < -0.4 is 19.5 Å². The second-order valence-corrected chi connectivity index (χ2v) is 10.9. The van der Waals surface area contributed by atoms with Crippen LogP contribution in [0.25, 0.3) is 0 Å². The second kappa shape index (κ2) is 12.5. The Morgan fingerprint density at radius 1 is 1.11 bits per heavy atom. The van der Waals surface area contributed by atoms with Crippen molar-refractivity contribution >= 4 is 17.5 Å². The minimum Gasteiger partial charge on any atom is -0.494 e. The highest BCUT2D eigenvalue weighted by Crippen LogP contribution is 2.40. The molecule has 5 rings (SSSR count). The van der Waals surface area contributed by atoms with E-state index in [2.05, 4.69) is 15.3 Å². The lowest BCUT2D eigenvalue weighted by atomic mass is 9.95. The predicted molar refractivity (Wildman–Crippen MR) is 152 cm³/mol. The van der Waals surface area contributed by atoms with Crippen molar-refractivity contribution in [1.82, 2.24) is 14.9 Å². The summed E-state index contributed by atoms with van der Waals surface area (Å²) in [6.45, 7) is 4.14. The number of ether oxygens (including phenoxy) is 5. The molecule has 2 fully saturated rings. The van der Waals surface area contributed by atoms with E-state index in [0.29, 0.717) is 28.9 Å². The summed E-state index contributed by atoms with van der Waals surface area (Å²) in [5, 5.41) is 12.8. The highest BCUT2D eigenvalue weighted by atomic mass is 19.4. The Bertz CT molecular complexity index is 1520. The average Bonchev–Trinajstić information content (AvgIpc) is 3.55. The van der Waals surface area contributed by atoms with E-state index in [4.69, 9.17) is 23.7 Å². The average molecular weight is 619 g/mol. The van der Waals surface area contributed by atoms with Gasteiger partial charge in [0.2, 0.25) is 11.8 Å². The van der Waals surface area contributed by atoms with Gasteiger partial charge in [-0.15, -0.1) is 0 Å². The van der Waals surface area contributed by atoms with Gasteiger partial charge in [0.15, 0.2) is 6.10 Å². The molecule has 0 saturated carbocycles. The molecule has 2 aliphatic heterocycles. The van der Waals surface area contributed by atoms with E-state index in [0.717, 1.165) is 0 Å². The summed E-state index contributed by atoms with van der Waals surface area (Å²) < 4.78 is 70.5. The van der Waals surface area contributed by atoms with E-state index in [1.54, 1.807) is 44.4 Å². The zero-order valence-corrected chi connectivity index (χ0v) is 24.7. The molecule has 14 heteroatoms. The van der Waals surface area contributed by atoms with Crippen LogP contribution in [-0.2, 0) is 15.7 Å². The summed E-state index contributed by atoms with van der Waals surface area (Å²) in [5.74, 6) is -0.875. The van der Waals surface area contributed by atoms with Gasteiger partial charge in [-0.25, -0.2) is 4.98 Å². The first-order valence-electron chi connectivity index (χ1n) is 13.9. The molecule has 1 aromatic heterocycles. The summed E-state index contributed by atoms with van der Waals surface area (Å²) in [6, 6.07) is 9.56. The van der Waals surface area contributed by atoms with Crippen LogP contribution in [0.1, 0.15) is 41.3 Å². The smallest absolute Gasteiger partial charge is 0.423 e. The lowest BCUT2D eigenvalue weighted by Gasteiger charge is -2.21. The van der Waals surface area contributed by atoms with Crippen molar-refractivity contribution in [3.63, 3.8) is 0 Å². The Kier molecular flexibility index (Phi) is 8.86. The van der Waals surface area contributed by atoms with Gasteiger partial charge in [0.05, 0.1) is 31.6 Å². The number of methoxy groups -OCH3 is 1. The molecule has 1 amide bonds. The van der Waals surface area contributed by atoms with Crippen LogP contribution in [0.4, 0.5) is 24.8 Å². The third-order valence-electron chi connectivity index (χ3n) is 7.26. The fraction of sp³-hybridized carbons (Fsp3) is 0.433. The van der Waals surface area contributed by atoms with Crippen LogP contribution in [-0.4, -0.2) is 84.7 Å². The molecule has 44 heavy (non-hydrogen) atoms. The van der Waals surface area contributed by atoms with Crippen LogP contribution in [0.15, 0.2) is 42.6 Å². The summed E-state index contributed by atoms with van der Waals surface area (Å²) >= 11 is 0. The Labute approximate surface area is 251 Å². The molecular weight excluding hydrogens is 585 g/mol. The molecule has 236 valence electrons. The molecular formula is C30H33F3N4O7. The van der Waals surface area contributed by atoms with Crippen LogP contribution in [0.2, 0.25) is 0 Å². The first kappa shape index (κ1) is 31.3. The molecule has 4 atom stereocenters. The maximum Gasteiger partial charge on any atom is 0.423 e. The number of hydrogen-bond donors (Lipinski definition) is 2. The maximum absolute atomic E-state index is 14.0. The van der Waals surface area contributed by atoms with Gasteiger partial charge in [-0.3, -0.25) is 4.79 Å². The minimum absolute atomic E-state index is 0.0685. The van der Waals surface area contributed by atoms with E-state index in [1.807, 2.05) is 13.8 Å². The number of amides is 1. The number of alkyl halides is 3. The van der Waals surface area contributed by atoms with Crippen molar-refractivity contribution < 1.29 is 46.8 Å². The zero-order valence-electron chi connectivity index (χ0n) is 24.7. The fourth-order valence-electron chi connectivity index (χ4n) is 5.06. The third-order valence-corrected chi connectivity index (χ3v) is 7.26. The van der Waals surface area contributed by atoms with Gasteiger partial charge in [0.25, 0.3) is 5.91 Å². The van der Waals surface area contributed by atoms with Crippen LogP contribution in [0.3, 0.4) is 0 Å². The topological polar surface area (TPSA) is 124 Å². The van der Waals surface area contributed by atoms with Crippen LogP contribution in [0, 0.1) is 0 Å². The molecule has 2 aromatic carbocycles. The lowest BCUT2D eigenvalue weighted by molar-refractivity contribution is -0.139. The molecule has 0 spiro atoms. The first-order chi connectivity index (χ1) is 20.9. The van der Waals surface area contributed by atoms with E-state index in [9.17, 15) is 23.1 Å². The maximum atomic E-state index is 14.0. The number of rotatable bonds is 9. The Balaban J connectivity index is 1.43. The fourth-order valence-corrected chi connectivity index (χ4v) is 5.06. The molecule has 3 aromatic rings. The Morgan fingerprint density at radius 3 is 2.55 bits per heavy atom. The van der Waals surface area contributed by atoms with Crippen molar-refractivity contribution in [2.75, 3.05) is 39.7 Å². The number of aromatic nitrogens is 2. The van der Waals surface area contributed by atoms with Crippen molar-refractivity contribution in [2.24, 2.45) is 0 Å². The Hall–Kier alpha value is -4.14.